The zero-order chi connectivity index (χ0) is 14.8. The van der Waals surface area contributed by atoms with Crippen molar-refractivity contribution in [2.45, 2.75) is 0 Å². The third kappa shape index (κ3) is 2.59. The van der Waals surface area contributed by atoms with Crippen LogP contribution < -0.4 is 10.9 Å². The Morgan fingerprint density at radius 1 is 1.10 bits per heavy atom. The second-order valence-corrected chi connectivity index (χ2v) is 4.33. The molecule has 0 aliphatic carbocycles. The molecule has 0 fully saturated rings. The lowest BCUT2D eigenvalue weighted by molar-refractivity contribution is 0.0697. The van der Waals surface area contributed by atoms with Gasteiger partial charge in [0.25, 0.3) is 0 Å². The van der Waals surface area contributed by atoms with Crippen molar-refractivity contribution in [1.29, 1.82) is 0 Å². The lowest BCUT2D eigenvalue weighted by Gasteiger charge is -2.05. The fraction of sp³-hybridized carbons (Fsp3) is 0. The van der Waals surface area contributed by atoms with Gasteiger partial charge in [0.1, 0.15) is 0 Å². The van der Waals surface area contributed by atoms with Gasteiger partial charge in [-0.3, -0.25) is 0 Å². The number of aromatic nitrogens is 1. The summed E-state index contributed by atoms with van der Waals surface area (Å²) in [7, 11) is 0. The zero-order valence-electron chi connectivity index (χ0n) is 10.7. The van der Waals surface area contributed by atoms with Gasteiger partial charge in [-0.15, -0.1) is 0 Å². The number of benzene rings is 2. The average Bonchev–Trinajstić information content (AvgIpc) is 2.48. The number of carbonyl (C=O) groups is 1. The number of rotatable bonds is 3. The molecule has 0 aliphatic rings. The maximum absolute atomic E-state index is 11.8. The summed E-state index contributed by atoms with van der Waals surface area (Å²) in [6.45, 7) is 0. The first-order valence-electron chi connectivity index (χ1n) is 6.14. The van der Waals surface area contributed by atoms with Crippen LogP contribution in [0, 0.1) is 0 Å². The van der Waals surface area contributed by atoms with Gasteiger partial charge in [0, 0.05) is 5.69 Å². The molecule has 0 aliphatic heterocycles. The Balaban J connectivity index is 1.94. The molecule has 0 saturated heterocycles. The quantitative estimate of drug-likeness (QED) is 0.767. The van der Waals surface area contributed by atoms with Crippen LogP contribution >= 0.6 is 0 Å². The number of aromatic carboxylic acids is 1. The van der Waals surface area contributed by atoms with Crippen LogP contribution in [0.15, 0.2) is 57.7 Å². The summed E-state index contributed by atoms with van der Waals surface area (Å²) >= 11 is 0. The van der Waals surface area contributed by atoms with Crippen LogP contribution in [0.2, 0.25) is 0 Å². The van der Waals surface area contributed by atoms with Crippen LogP contribution in [0.25, 0.3) is 10.9 Å². The summed E-state index contributed by atoms with van der Waals surface area (Å²) in [4.78, 5) is 26.8. The molecule has 6 heteroatoms. The van der Waals surface area contributed by atoms with Crippen LogP contribution in [0.3, 0.4) is 0 Å². The zero-order valence-corrected chi connectivity index (χ0v) is 10.7. The van der Waals surface area contributed by atoms with Gasteiger partial charge >= 0.3 is 17.6 Å². The van der Waals surface area contributed by atoms with Crippen molar-refractivity contribution in [2.75, 3.05) is 5.32 Å². The molecule has 104 valence electrons. The van der Waals surface area contributed by atoms with E-state index in [1.165, 1.54) is 12.1 Å². The Hall–Kier alpha value is -3.15. The highest BCUT2D eigenvalue weighted by Gasteiger charge is 2.07. The molecule has 3 rings (SSSR count). The number of hydrogen-bond acceptors (Lipinski definition) is 5. The summed E-state index contributed by atoms with van der Waals surface area (Å²) in [5, 5.41) is 12.1. The third-order valence-corrected chi connectivity index (χ3v) is 2.92. The number of carboxylic acid groups (broad SMARTS) is 1. The number of para-hydroxylation sites is 1. The maximum Gasteiger partial charge on any atom is 0.348 e. The van der Waals surface area contributed by atoms with Crippen molar-refractivity contribution in [3.63, 3.8) is 0 Å². The minimum absolute atomic E-state index is 0.0572. The van der Waals surface area contributed by atoms with Crippen LogP contribution in [-0.2, 0) is 0 Å². The van der Waals surface area contributed by atoms with Crippen LogP contribution in [0.5, 0.6) is 0 Å². The lowest BCUT2D eigenvalue weighted by atomic mass is 10.2. The van der Waals surface area contributed by atoms with Crippen LogP contribution in [0.1, 0.15) is 10.4 Å². The number of carboxylic acids is 1. The Morgan fingerprint density at radius 2 is 1.81 bits per heavy atom. The molecule has 0 unspecified atom stereocenters. The molecule has 0 spiro atoms. The summed E-state index contributed by atoms with van der Waals surface area (Å²) in [5.41, 5.74) is 0.795. The van der Waals surface area contributed by atoms with E-state index < -0.39 is 11.6 Å². The van der Waals surface area contributed by atoms with Gasteiger partial charge in [0.2, 0.25) is 0 Å². The van der Waals surface area contributed by atoms with E-state index in [9.17, 15) is 9.59 Å². The highest BCUT2D eigenvalue weighted by molar-refractivity contribution is 5.88. The summed E-state index contributed by atoms with van der Waals surface area (Å²) in [6.07, 6.45) is 0. The largest absolute Gasteiger partial charge is 0.478 e. The van der Waals surface area contributed by atoms with Crippen molar-refractivity contribution in [1.82, 2.24) is 4.98 Å². The molecule has 6 nitrogen and oxygen atoms in total. The SMILES string of the molecule is O=C(O)c1ccc(Nc2nc3ccccc3c(=O)o2)cc1. The van der Waals surface area contributed by atoms with E-state index in [0.29, 0.717) is 16.6 Å². The molecule has 3 aromatic rings. The van der Waals surface area contributed by atoms with E-state index in [1.54, 1.807) is 36.4 Å². The normalized spacial score (nSPS) is 10.5. The molecule has 0 atom stereocenters. The number of hydrogen-bond donors (Lipinski definition) is 2. The average molecular weight is 282 g/mol. The number of fused-ring (bicyclic) bond motifs is 1. The van der Waals surface area contributed by atoms with Crippen LogP contribution in [-0.4, -0.2) is 16.1 Å². The first-order valence-corrected chi connectivity index (χ1v) is 6.14. The fourth-order valence-corrected chi connectivity index (χ4v) is 1.89. The van der Waals surface area contributed by atoms with Crippen molar-refractivity contribution < 1.29 is 14.3 Å². The molecular formula is C15H10N2O4. The van der Waals surface area contributed by atoms with E-state index in [1.807, 2.05) is 0 Å². The smallest absolute Gasteiger partial charge is 0.348 e. The molecule has 2 aromatic carbocycles. The van der Waals surface area contributed by atoms with Gasteiger partial charge < -0.3 is 14.8 Å². The first-order chi connectivity index (χ1) is 10.1. The van der Waals surface area contributed by atoms with Crippen molar-refractivity contribution >= 4 is 28.6 Å². The van der Waals surface area contributed by atoms with Gasteiger partial charge in [0.15, 0.2) is 0 Å². The van der Waals surface area contributed by atoms with Gasteiger partial charge in [-0.2, -0.15) is 4.98 Å². The molecule has 1 aromatic heterocycles. The Bertz CT molecular complexity index is 869. The van der Waals surface area contributed by atoms with Crippen molar-refractivity contribution in [2.24, 2.45) is 0 Å². The molecular weight excluding hydrogens is 272 g/mol. The third-order valence-electron chi connectivity index (χ3n) is 2.92. The van der Waals surface area contributed by atoms with Gasteiger partial charge in [-0.05, 0) is 36.4 Å². The van der Waals surface area contributed by atoms with Gasteiger partial charge in [0.05, 0.1) is 16.5 Å². The van der Waals surface area contributed by atoms with E-state index in [2.05, 4.69) is 10.3 Å². The summed E-state index contributed by atoms with van der Waals surface area (Å²) in [5.74, 6) is -1.00. The molecule has 0 amide bonds. The van der Waals surface area contributed by atoms with Crippen molar-refractivity contribution in [3.05, 3.63) is 64.5 Å². The Labute approximate surface area is 118 Å². The summed E-state index contributed by atoms with van der Waals surface area (Å²) in [6, 6.07) is 13.0. The standard InChI is InChI=1S/C15H10N2O4/c18-13(19)9-5-7-10(8-6-9)16-15-17-12-4-2-1-3-11(12)14(20)21-15/h1-8H,(H,16,17)(H,18,19). The second-order valence-electron chi connectivity index (χ2n) is 4.33. The molecule has 1 heterocycles. The molecule has 0 radical (unpaired) electrons. The highest BCUT2D eigenvalue weighted by Crippen LogP contribution is 2.16. The Morgan fingerprint density at radius 3 is 2.52 bits per heavy atom. The number of nitrogens with one attached hydrogen (secondary N) is 1. The molecule has 0 saturated carbocycles. The molecule has 2 N–H and O–H groups in total. The topological polar surface area (TPSA) is 92.4 Å². The lowest BCUT2D eigenvalue weighted by Crippen LogP contribution is -2.05. The maximum atomic E-state index is 11.8. The molecule has 21 heavy (non-hydrogen) atoms. The number of anilines is 2. The van der Waals surface area contributed by atoms with Gasteiger partial charge in [-0.25, -0.2) is 9.59 Å². The predicted molar refractivity (Wildman–Crippen MR) is 77.0 cm³/mol. The van der Waals surface area contributed by atoms with E-state index >= 15 is 0 Å². The van der Waals surface area contributed by atoms with E-state index in [4.69, 9.17) is 9.52 Å². The van der Waals surface area contributed by atoms with E-state index in [0.717, 1.165) is 0 Å². The van der Waals surface area contributed by atoms with E-state index in [-0.39, 0.29) is 11.6 Å². The Kier molecular flexibility index (Phi) is 3.12. The first kappa shape index (κ1) is 12.9. The second kappa shape index (κ2) is 5.09. The van der Waals surface area contributed by atoms with Gasteiger partial charge in [-0.1, -0.05) is 12.1 Å². The highest BCUT2D eigenvalue weighted by atomic mass is 16.4. The minimum Gasteiger partial charge on any atom is -0.478 e. The minimum atomic E-state index is -1.00. The monoisotopic (exact) mass is 282 g/mol. The number of nitrogens with zero attached hydrogens (tertiary/aromatic N) is 1. The fourth-order valence-electron chi connectivity index (χ4n) is 1.89. The van der Waals surface area contributed by atoms with Crippen LogP contribution in [0.4, 0.5) is 11.7 Å². The molecule has 0 bridgehead atoms. The predicted octanol–water partition coefficient (Wildman–Crippen LogP) is 2.63. The summed E-state index contributed by atoms with van der Waals surface area (Å²) < 4.78 is 5.08. The van der Waals surface area contributed by atoms with Crippen molar-refractivity contribution in [3.8, 4) is 0 Å².